The van der Waals surface area contributed by atoms with Crippen LogP contribution < -0.4 is 4.74 Å². The molecule has 0 aliphatic carbocycles. The lowest BCUT2D eigenvalue weighted by Crippen LogP contribution is -2.25. The predicted octanol–water partition coefficient (Wildman–Crippen LogP) is 3.99. The molecular formula is C22H22N4O3S. The molecule has 154 valence electrons. The van der Waals surface area contributed by atoms with Gasteiger partial charge in [0.05, 0.1) is 18.0 Å². The van der Waals surface area contributed by atoms with E-state index < -0.39 is 0 Å². The molecule has 1 aliphatic rings. The summed E-state index contributed by atoms with van der Waals surface area (Å²) in [5, 5.41) is 14.3. The van der Waals surface area contributed by atoms with Gasteiger partial charge in [-0.2, -0.15) is 5.10 Å². The Bertz CT molecular complexity index is 1070. The summed E-state index contributed by atoms with van der Waals surface area (Å²) in [5.74, 6) is 1.26. The number of nitrogens with zero attached hydrogens (tertiary/aromatic N) is 4. The van der Waals surface area contributed by atoms with Crippen molar-refractivity contribution >= 4 is 23.4 Å². The fourth-order valence-electron chi connectivity index (χ4n) is 3.03. The van der Waals surface area contributed by atoms with E-state index in [1.165, 1.54) is 16.8 Å². The molecule has 2 aromatic carbocycles. The highest BCUT2D eigenvalue weighted by atomic mass is 32.2. The van der Waals surface area contributed by atoms with Crippen LogP contribution in [0.25, 0.3) is 0 Å². The zero-order chi connectivity index (χ0) is 20.9. The average molecular weight is 423 g/mol. The van der Waals surface area contributed by atoms with Crippen LogP contribution in [0.1, 0.15) is 29.0 Å². The van der Waals surface area contributed by atoms with Crippen molar-refractivity contribution in [3.05, 3.63) is 71.1 Å². The number of rotatable bonds is 7. The molecule has 1 aromatic heterocycles. The standard InChI is InChI=1S/C22H22N4O3S/c1-15-8-9-16(2)19(12-15)28-13-20-23-24-22(29-20)30-14-21(27)26-11-10-18(25-26)17-6-4-3-5-7-17/h3-9,12H,10-11,13-14H2,1-2H3. The molecule has 0 saturated carbocycles. The number of aryl methyl sites for hydroxylation is 2. The van der Waals surface area contributed by atoms with Gasteiger partial charge in [0, 0.05) is 6.42 Å². The van der Waals surface area contributed by atoms with Gasteiger partial charge in [-0.15, -0.1) is 10.2 Å². The second-order valence-electron chi connectivity index (χ2n) is 6.99. The minimum atomic E-state index is -0.0858. The van der Waals surface area contributed by atoms with Crippen molar-refractivity contribution in [2.75, 3.05) is 12.3 Å². The third-order valence-electron chi connectivity index (χ3n) is 4.66. The van der Waals surface area contributed by atoms with Gasteiger partial charge in [-0.25, -0.2) is 5.01 Å². The maximum atomic E-state index is 12.5. The maximum absolute atomic E-state index is 12.5. The molecule has 0 fully saturated rings. The van der Waals surface area contributed by atoms with Crippen LogP contribution >= 0.6 is 11.8 Å². The minimum Gasteiger partial charge on any atom is -0.484 e. The van der Waals surface area contributed by atoms with Crippen molar-refractivity contribution in [2.45, 2.75) is 32.1 Å². The lowest BCUT2D eigenvalue weighted by molar-refractivity contribution is -0.127. The molecule has 0 atom stereocenters. The Morgan fingerprint density at radius 2 is 2.00 bits per heavy atom. The lowest BCUT2D eigenvalue weighted by Gasteiger charge is -2.09. The normalized spacial score (nSPS) is 13.4. The molecule has 0 bridgehead atoms. The van der Waals surface area contributed by atoms with Crippen LogP contribution in [0.4, 0.5) is 0 Å². The SMILES string of the molecule is Cc1ccc(C)c(OCc2nnc(SCC(=O)N3CCC(c4ccccc4)=N3)o2)c1. The zero-order valence-corrected chi connectivity index (χ0v) is 17.7. The van der Waals surface area contributed by atoms with Gasteiger partial charge in [0.15, 0.2) is 6.61 Å². The van der Waals surface area contributed by atoms with Gasteiger partial charge in [0.25, 0.3) is 17.0 Å². The maximum Gasteiger partial charge on any atom is 0.277 e. The highest BCUT2D eigenvalue weighted by molar-refractivity contribution is 7.99. The van der Waals surface area contributed by atoms with Gasteiger partial charge in [-0.3, -0.25) is 4.79 Å². The summed E-state index contributed by atoms with van der Waals surface area (Å²) in [4.78, 5) is 12.5. The number of amides is 1. The zero-order valence-electron chi connectivity index (χ0n) is 16.9. The van der Waals surface area contributed by atoms with E-state index in [-0.39, 0.29) is 18.3 Å². The molecule has 0 radical (unpaired) electrons. The van der Waals surface area contributed by atoms with Gasteiger partial charge < -0.3 is 9.15 Å². The molecule has 0 saturated heterocycles. The average Bonchev–Trinajstić information content (AvgIpc) is 3.43. The van der Waals surface area contributed by atoms with E-state index in [0.717, 1.165) is 34.6 Å². The van der Waals surface area contributed by atoms with Crippen molar-refractivity contribution in [2.24, 2.45) is 5.10 Å². The summed E-state index contributed by atoms with van der Waals surface area (Å²) < 4.78 is 11.4. The number of carbonyl (C=O) groups is 1. The number of ether oxygens (including phenoxy) is 1. The Morgan fingerprint density at radius 3 is 2.83 bits per heavy atom. The minimum absolute atomic E-state index is 0.0858. The van der Waals surface area contributed by atoms with Crippen molar-refractivity contribution in [3.63, 3.8) is 0 Å². The molecule has 0 unspecified atom stereocenters. The van der Waals surface area contributed by atoms with Crippen LogP contribution in [-0.4, -0.2) is 39.1 Å². The Labute approximate surface area is 179 Å². The van der Waals surface area contributed by atoms with Gasteiger partial charge in [-0.05, 0) is 36.6 Å². The van der Waals surface area contributed by atoms with Crippen LogP contribution in [0.15, 0.2) is 63.3 Å². The highest BCUT2D eigenvalue weighted by Gasteiger charge is 2.22. The van der Waals surface area contributed by atoms with E-state index in [4.69, 9.17) is 9.15 Å². The van der Waals surface area contributed by atoms with Crippen molar-refractivity contribution in [1.29, 1.82) is 0 Å². The van der Waals surface area contributed by atoms with E-state index in [9.17, 15) is 4.79 Å². The third kappa shape index (κ3) is 4.88. The Hall–Kier alpha value is -3.13. The van der Waals surface area contributed by atoms with E-state index in [1.54, 1.807) is 0 Å². The van der Waals surface area contributed by atoms with Crippen LogP contribution in [-0.2, 0) is 11.4 Å². The number of hydrogen-bond acceptors (Lipinski definition) is 7. The van der Waals surface area contributed by atoms with Gasteiger partial charge in [-0.1, -0.05) is 54.2 Å². The first-order valence-electron chi connectivity index (χ1n) is 9.67. The fraction of sp³-hybridized carbons (Fsp3) is 0.273. The largest absolute Gasteiger partial charge is 0.484 e. The molecule has 0 spiro atoms. The molecule has 3 aromatic rings. The van der Waals surface area contributed by atoms with Gasteiger partial charge in [0.1, 0.15) is 5.75 Å². The smallest absolute Gasteiger partial charge is 0.277 e. The van der Waals surface area contributed by atoms with Crippen molar-refractivity contribution in [1.82, 2.24) is 15.2 Å². The second-order valence-corrected chi connectivity index (χ2v) is 7.91. The molecule has 1 aliphatic heterocycles. The number of benzene rings is 2. The number of hydrazone groups is 1. The van der Waals surface area contributed by atoms with E-state index in [0.29, 0.717) is 17.7 Å². The van der Waals surface area contributed by atoms with Gasteiger partial charge >= 0.3 is 0 Å². The summed E-state index contributed by atoms with van der Waals surface area (Å²) in [6.07, 6.45) is 0.751. The quantitative estimate of drug-likeness (QED) is 0.536. The molecule has 4 rings (SSSR count). The van der Waals surface area contributed by atoms with Crippen LogP contribution in [0.5, 0.6) is 5.75 Å². The number of hydrogen-bond donors (Lipinski definition) is 0. The molecule has 1 amide bonds. The highest BCUT2D eigenvalue weighted by Crippen LogP contribution is 2.22. The van der Waals surface area contributed by atoms with Crippen LogP contribution in [0, 0.1) is 13.8 Å². The first-order chi connectivity index (χ1) is 14.6. The second kappa shape index (κ2) is 9.13. The molecular weight excluding hydrogens is 400 g/mol. The molecule has 7 nitrogen and oxygen atoms in total. The Kier molecular flexibility index (Phi) is 6.13. The Morgan fingerprint density at radius 1 is 1.17 bits per heavy atom. The molecule has 8 heteroatoms. The summed E-state index contributed by atoms with van der Waals surface area (Å²) >= 11 is 1.20. The summed E-state index contributed by atoms with van der Waals surface area (Å²) in [6.45, 7) is 4.77. The number of aromatic nitrogens is 2. The van der Waals surface area contributed by atoms with Crippen LogP contribution in [0.3, 0.4) is 0 Å². The molecule has 30 heavy (non-hydrogen) atoms. The first-order valence-corrected chi connectivity index (χ1v) is 10.7. The van der Waals surface area contributed by atoms with Crippen LogP contribution in [0.2, 0.25) is 0 Å². The van der Waals surface area contributed by atoms with E-state index in [1.807, 2.05) is 62.4 Å². The van der Waals surface area contributed by atoms with E-state index >= 15 is 0 Å². The van der Waals surface area contributed by atoms with Crippen molar-refractivity contribution in [3.8, 4) is 5.75 Å². The van der Waals surface area contributed by atoms with Gasteiger partial charge in [0.2, 0.25) is 0 Å². The van der Waals surface area contributed by atoms with Crippen molar-refractivity contribution < 1.29 is 13.9 Å². The Balaban J connectivity index is 1.29. The summed E-state index contributed by atoms with van der Waals surface area (Å²) in [6, 6.07) is 15.9. The predicted molar refractivity (Wildman–Crippen MR) is 115 cm³/mol. The molecule has 2 heterocycles. The number of carbonyl (C=O) groups excluding carboxylic acids is 1. The van der Waals surface area contributed by atoms with E-state index in [2.05, 4.69) is 15.3 Å². The summed E-state index contributed by atoms with van der Waals surface area (Å²) in [7, 11) is 0. The first kappa shape index (κ1) is 20.2. The third-order valence-corrected chi connectivity index (χ3v) is 5.46. The fourth-order valence-corrected chi connectivity index (χ4v) is 3.68. The number of thioether (sulfide) groups is 1. The monoisotopic (exact) mass is 422 g/mol. The topological polar surface area (TPSA) is 80.8 Å². The molecule has 0 N–H and O–H groups in total. The summed E-state index contributed by atoms with van der Waals surface area (Å²) in [5.41, 5.74) is 4.14. The lowest BCUT2D eigenvalue weighted by atomic mass is 10.1.